The molecule has 0 saturated carbocycles. The maximum atomic E-state index is 12.5. The van der Waals surface area contributed by atoms with Crippen LogP contribution in [-0.4, -0.2) is 39.0 Å². The second-order valence-corrected chi connectivity index (χ2v) is 6.16. The van der Waals surface area contributed by atoms with Crippen molar-refractivity contribution < 1.29 is 9.32 Å². The van der Waals surface area contributed by atoms with Gasteiger partial charge < -0.3 is 9.42 Å². The molecule has 0 spiro atoms. The zero-order chi connectivity index (χ0) is 17.9. The van der Waals surface area contributed by atoms with E-state index in [1.54, 1.807) is 6.20 Å². The van der Waals surface area contributed by atoms with Gasteiger partial charge in [-0.25, -0.2) is 0 Å². The summed E-state index contributed by atoms with van der Waals surface area (Å²) < 4.78 is 5.22. The Labute approximate surface area is 149 Å². The van der Waals surface area contributed by atoms with Gasteiger partial charge in [0, 0.05) is 50.7 Å². The molecule has 6 heteroatoms. The SMILES string of the molecule is CCCc1noc(CCCC(=O)N(CCC)CCc2ccccn2)n1. The average Bonchev–Trinajstić information content (AvgIpc) is 3.07. The van der Waals surface area contributed by atoms with Gasteiger partial charge in [-0.3, -0.25) is 9.78 Å². The second-order valence-electron chi connectivity index (χ2n) is 6.16. The molecule has 0 bridgehead atoms. The lowest BCUT2D eigenvalue weighted by molar-refractivity contribution is -0.131. The van der Waals surface area contributed by atoms with Gasteiger partial charge in [-0.2, -0.15) is 4.98 Å². The zero-order valence-electron chi connectivity index (χ0n) is 15.3. The number of nitrogens with zero attached hydrogens (tertiary/aromatic N) is 4. The van der Waals surface area contributed by atoms with Crippen molar-refractivity contribution in [1.82, 2.24) is 20.0 Å². The summed E-state index contributed by atoms with van der Waals surface area (Å²) in [4.78, 5) is 23.1. The molecule has 2 rings (SSSR count). The smallest absolute Gasteiger partial charge is 0.226 e. The summed E-state index contributed by atoms with van der Waals surface area (Å²) in [5.74, 6) is 1.57. The second kappa shape index (κ2) is 10.6. The van der Waals surface area contributed by atoms with Crippen molar-refractivity contribution in [3.63, 3.8) is 0 Å². The summed E-state index contributed by atoms with van der Waals surface area (Å²) in [7, 11) is 0. The molecule has 0 N–H and O–H groups in total. The molecule has 2 heterocycles. The highest BCUT2D eigenvalue weighted by Crippen LogP contribution is 2.08. The average molecular weight is 344 g/mol. The number of carbonyl (C=O) groups excluding carboxylic acids is 1. The van der Waals surface area contributed by atoms with Crippen molar-refractivity contribution in [3.05, 3.63) is 41.8 Å². The normalized spacial score (nSPS) is 10.8. The number of aryl methyl sites for hydroxylation is 2. The summed E-state index contributed by atoms with van der Waals surface area (Å²) in [6, 6.07) is 5.88. The predicted octanol–water partition coefficient (Wildman–Crippen LogP) is 3.22. The molecule has 1 amide bonds. The van der Waals surface area contributed by atoms with Crippen molar-refractivity contribution in [2.24, 2.45) is 0 Å². The van der Waals surface area contributed by atoms with E-state index in [2.05, 4.69) is 29.0 Å². The number of pyridine rings is 1. The van der Waals surface area contributed by atoms with E-state index in [-0.39, 0.29) is 5.91 Å². The largest absolute Gasteiger partial charge is 0.342 e. The van der Waals surface area contributed by atoms with Crippen molar-refractivity contribution in [1.29, 1.82) is 0 Å². The molecule has 2 aromatic heterocycles. The van der Waals surface area contributed by atoms with Crippen LogP contribution in [0.25, 0.3) is 0 Å². The first-order valence-electron chi connectivity index (χ1n) is 9.22. The summed E-state index contributed by atoms with van der Waals surface area (Å²) in [6.07, 6.45) is 7.26. The highest BCUT2D eigenvalue weighted by atomic mass is 16.5. The molecular weight excluding hydrogens is 316 g/mol. The third kappa shape index (κ3) is 6.64. The van der Waals surface area contributed by atoms with Crippen LogP contribution >= 0.6 is 0 Å². The summed E-state index contributed by atoms with van der Waals surface area (Å²) in [6.45, 7) is 5.68. The van der Waals surface area contributed by atoms with E-state index in [1.807, 2.05) is 23.1 Å². The minimum atomic E-state index is 0.186. The van der Waals surface area contributed by atoms with Crippen LogP contribution in [-0.2, 0) is 24.1 Å². The molecule has 0 radical (unpaired) electrons. The van der Waals surface area contributed by atoms with Gasteiger partial charge >= 0.3 is 0 Å². The summed E-state index contributed by atoms with van der Waals surface area (Å²) in [5.41, 5.74) is 1.02. The van der Waals surface area contributed by atoms with Crippen LogP contribution in [0.2, 0.25) is 0 Å². The minimum Gasteiger partial charge on any atom is -0.342 e. The van der Waals surface area contributed by atoms with Crippen LogP contribution < -0.4 is 0 Å². The zero-order valence-corrected chi connectivity index (χ0v) is 15.3. The Bertz CT molecular complexity index is 627. The molecular formula is C19H28N4O2. The highest BCUT2D eigenvalue weighted by molar-refractivity contribution is 5.76. The molecule has 2 aromatic rings. The van der Waals surface area contributed by atoms with Gasteiger partial charge in [0.15, 0.2) is 5.82 Å². The third-order valence-electron chi connectivity index (χ3n) is 3.98. The fraction of sp³-hybridized carbons (Fsp3) is 0.579. The summed E-state index contributed by atoms with van der Waals surface area (Å²) >= 11 is 0. The Kier molecular flexibility index (Phi) is 8.09. The first kappa shape index (κ1) is 19.1. The van der Waals surface area contributed by atoms with Crippen LogP contribution in [0, 0.1) is 0 Å². The van der Waals surface area contributed by atoms with Crippen molar-refractivity contribution in [3.8, 4) is 0 Å². The Morgan fingerprint density at radius 3 is 2.72 bits per heavy atom. The maximum absolute atomic E-state index is 12.5. The fourth-order valence-corrected chi connectivity index (χ4v) is 2.69. The standard InChI is InChI=1S/C19H28N4O2/c1-3-8-17-21-18(25-22-17)10-7-11-19(24)23(14-4-2)15-12-16-9-5-6-13-20-16/h5-6,9,13H,3-4,7-8,10-12,14-15H2,1-2H3. The molecule has 0 fully saturated rings. The molecule has 0 aliphatic carbocycles. The number of rotatable bonds is 11. The first-order chi connectivity index (χ1) is 12.2. The molecule has 136 valence electrons. The van der Waals surface area contributed by atoms with Gasteiger partial charge in [-0.1, -0.05) is 25.1 Å². The van der Waals surface area contributed by atoms with E-state index in [0.29, 0.717) is 25.3 Å². The van der Waals surface area contributed by atoms with Crippen LogP contribution in [0.5, 0.6) is 0 Å². The van der Waals surface area contributed by atoms with E-state index >= 15 is 0 Å². The third-order valence-corrected chi connectivity index (χ3v) is 3.98. The van der Waals surface area contributed by atoms with Crippen LogP contribution in [0.15, 0.2) is 28.9 Å². The molecule has 0 aliphatic heterocycles. The minimum absolute atomic E-state index is 0.186. The summed E-state index contributed by atoms with van der Waals surface area (Å²) in [5, 5.41) is 3.94. The topological polar surface area (TPSA) is 72.1 Å². The van der Waals surface area contributed by atoms with Crippen LogP contribution in [0.1, 0.15) is 56.9 Å². The van der Waals surface area contributed by atoms with Gasteiger partial charge in [-0.15, -0.1) is 0 Å². The molecule has 0 atom stereocenters. The number of aromatic nitrogens is 3. The van der Waals surface area contributed by atoms with Crippen molar-refractivity contribution >= 4 is 5.91 Å². The molecule has 0 aliphatic rings. The Hall–Kier alpha value is -2.24. The predicted molar refractivity (Wildman–Crippen MR) is 96.0 cm³/mol. The van der Waals surface area contributed by atoms with Crippen LogP contribution in [0.3, 0.4) is 0 Å². The quantitative estimate of drug-likeness (QED) is 0.626. The molecule has 0 saturated heterocycles. The number of carbonyl (C=O) groups is 1. The lowest BCUT2D eigenvalue weighted by Crippen LogP contribution is -2.33. The van der Waals surface area contributed by atoms with Crippen LogP contribution in [0.4, 0.5) is 0 Å². The van der Waals surface area contributed by atoms with Gasteiger partial charge in [0.05, 0.1) is 0 Å². The molecule has 0 unspecified atom stereocenters. The van der Waals surface area contributed by atoms with Crippen molar-refractivity contribution in [2.45, 2.75) is 58.8 Å². The van der Waals surface area contributed by atoms with E-state index < -0.39 is 0 Å². The number of amides is 1. The van der Waals surface area contributed by atoms with Crippen molar-refractivity contribution in [2.75, 3.05) is 13.1 Å². The molecule has 25 heavy (non-hydrogen) atoms. The van der Waals surface area contributed by atoms with E-state index in [4.69, 9.17) is 4.52 Å². The molecule has 6 nitrogen and oxygen atoms in total. The van der Waals surface area contributed by atoms with E-state index in [9.17, 15) is 4.79 Å². The lowest BCUT2D eigenvalue weighted by atomic mass is 10.2. The van der Waals surface area contributed by atoms with E-state index in [0.717, 1.165) is 50.2 Å². The monoisotopic (exact) mass is 344 g/mol. The number of hydrogen-bond acceptors (Lipinski definition) is 5. The van der Waals surface area contributed by atoms with Gasteiger partial charge in [0.2, 0.25) is 11.8 Å². The van der Waals surface area contributed by atoms with Gasteiger partial charge in [-0.05, 0) is 31.4 Å². The Balaban J connectivity index is 1.76. The lowest BCUT2D eigenvalue weighted by Gasteiger charge is -2.22. The molecule has 0 aromatic carbocycles. The van der Waals surface area contributed by atoms with Gasteiger partial charge in [0.1, 0.15) is 0 Å². The maximum Gasteiger partial charge on any atom is 0.226 e. The van der Waals surface area contributed by atoms with E-state index in [1.165, 1.54) is 0 Å². The fourth-order valence-electron chi connectivity index (χ4n) is 2.69. The first-order valence-corrected chi connectivity index (χ1v) is 9.22. The number of hydrogen-bond donors (Lipinski definition) is 0. The Morgan fingerprint density at radius 2 is 2.00 bits per heavy atom. The highest BCUT2D eigenvalue weighted by Gasteiger charge is 2.14. The van der Waals surface area contributed by atoms with Gasteiger partial charge in [0.25, 0.3) is 0 Å². The Morgan fingerprint density at radius 1 is 1.12 bits per heavy atom.